The molecular formula is C19H28ClN3O2. The molecule has 2 unspecified atom stereocenters. The average Bonchev–Trinajstić information content (AvgIpc) is 2.58. The minimum Gasteiger partial charge on any atom is -0.352 e. The third-order valence-corrected chi connectivity index (χ3v) is 4.40. The van der Waals surface area contributed by atoms with E-state index in [0.29, 0.717) is 6.54 Å². The Kier molecular flexibility index (Phi) is 8.66. The Morgan fingerprint density at radius 1 is 1.32 bits per heavy atom. The molecule has 0 aliphatic carbocycles. The molecule has 0 radical (unpaired) electrons. The fourth-order valence-corrected chi connectivity index (χ4v) is 3.07. The van der Waals surface area contributed by atoms with E-state index in [1.165, 1.54) is 6.92 Å². The first-order valence-corrected chi connectivity index (χ1v) is 8.62. The van der Waals surface area contributed by atoms with Crippen LogP contribution in [-0.4, -0.2) is 29.3 Å². The molecule has 1 heterocycles. The minimum absolute atomic E-state index is 0. The van der Waals surface area contributed by atoms with E-state index in [1.807, 2.05) is 30.3 Å². The van der Waals surface area contributed by atoms with Gasteiger partial charge in [0.1, 0.15) is 0 Å². The summed E-state index contributed by atoms with van der Waals surface area (Å²) in [4.78, 5) is 26.1. The van der Waals surface area contributed by atoms with Gasteiger partial charge in [0.15, 0.2) is 0 Å². The van der Waals surface area contributed by atoms with E-state index < -0.39 is 0 Å². The second kappa shape index (κ2) is 10.2. The zero-order valence-electron chi connectivity index (χ0n) is 14.9. The average molecular weight is 366 g/mol. The third-order valence-electron chi connectivity index (χ3n) is 4.40. The summed E-state index contributed by atoms with van der Waals surface area (Å²) in [5.41, 5.74) is 7.81. The van der Waals surface area contributed by atoms with Crippen molar-refractivity contribution in [2.75, 3.05) is 6.54 Å². The maximum absolute atomic E-state index is 12.5. The van der Waals surface area contributed by atoms with Crippen molar-refractivity contribution in [3.8, 4) is 0 Å². The maximum Gasteiger partial charge on any atom is 0.223 e. The Labute approximate surface area is 156 Å². The molecule has 2 rings (SSSR count). The van der Waals surface area contributed by atoms with Gasteiger partial charge in [-0.2, -0.15) is 0 Å². The molecule has 0 spiro atoms. The standard InChI is InChI=1S/C19H27N3O2.ClH/c1-3-4-8-16(13-20)21-19(24)12-18-17-9-6-5-7-15(17)10-11-22(18)14(2)23;/h5-7,9-11,16,18H,3-4,8,12-13,20H2,1-2H3,(H,21,24);1H. The summed E-state index contributed by atoms with van der Waals surface area (Å²) in [6.07, 6.45) is 6.91. The normalized spacial score (nSPS) is 16.6. The molecule has 138 valence electrons. The number of nitrogens with one attached hydrogen (secondary N) is 1. The minimum atomic E-state index is -0.270. The van der Waals surface area contributed by atoms with Gasteiger partial charge in [-0.15, -0.1) is 12.4 Å². The van der Waals surface area contributed by atoms with Crippen molar-refractivity contribution in [2.24, 2.45) is 5.73 Å². The Hall–Kier alpha value is -1.85. The molecule has 1 aliphatic heterocycles. The van der Waals surface area contributed by atoms with Gasteiger partial charge in [0.25, 0.3) is 0 Å². The molecule has 1 aromatic carbocycles. The van der Waals surface area contributed by atoms with Crippen LogP contribution >= 0.6 is 12.4 Å². The summed E-state index contributed by atoms with van der Waals surface area (Å²) in [5, 5.41) is 3.01. The number of nitrogens with two attached hydrogens (primary N) is 1. The van der Waals surface area contributed by atoms with Gasteiger partial charge in [-0.25, -0.2) is 0 Å². The molecule has 6 heteroatoms. The Bertz CT molecular complexity index is 618. The number of fused-ring (bicyclic) bond motifs is 1. The zero-order chi connectivity index (χ0) is 17.5. The molecule has 25 heavy (non-hydrogen) atoms. The number of benzene rings is 1. The largest absolute Gasteiger partial charge is 0.352 e. The van der Waals surface area contributed by atoms with E-state index >= 15 is 0 Å². The molecule has 0 bridgehead atoms. The quantitative estimate of drug-likeness (QED) is 0.779. The smallest absolute Gasteiger partial charge is 0.223 e. The fraction of sp³-hybridized carbons (Fsp3) is 0.474. The monoisotopic (exact) mass is 365 g/mol. The lowest BCUT2D eigenvalue weighted by atomic mass is 9.93. The van der Waals surface area contributed by atoms with E-state index in [-0.39, 0.29) is 42.7 Å². The van der Waals surface area contributed by atoms with Crippen LogP contribution in [0.5, 0.6) is 0 Å². The maximum atomic E-state index is 12.5. The predicted molar refractivity (Wildman–Crippen MR) is 103 cm³/mol. The highest BCUT2D eigenvalue weighted by molar-refractivity contribution is 5.85. The number of rotatable bonds is 7. The number of amides is 2. The fourth-order valence-electron chi connectivity index (χ4n) is 3.07. The number of halogens is 1. The van der Waals surface area contributed by atoms with Crippen LogP contribution in [0.4, 0.5) is 0 Å². The second-order valence-corrected chi connectivity index (χ2v) is 6.23. The van der Waals surface area contributed by atoms with Crippen molar-refractivity contribution in [3.63, 3.8) is 0 Å². The van der Waals surface area contributed by atoms with Gasteiger partial charge < -0.3 is 16.0 Å². The van der Waals surface area contributed by atoms with Crippen molar-refractivity contribution in [1.29, 1.82) is 0 Å². The number of unbranched alkanes of at least 4 members (excludes halogenated alkanes) is 1. The molecule has 0 aromatic heterocycles. The Morgan fingerprint density at radius 3 is 2.68 bits per heavy atom. The van der Waals surface area contributed by atoms with E-state index in [1.54, 1.807) is 11.1 Å². The first-order chi connectivity index (χ1) is 11.6. The van der Waals surface area contributed by atoms with Crippen molar-refractivity contribution < 1.29 is 9.59 Å². The highest BCUT2D eigenvalue weighted by Crippen LogP contribution is 2.32. The van der Waals surface area contributed by atoms with E-state index in [2.05, 4.69) is 12.2 Å². The molecule has 1 aliphatic rings. The van der Waals surface area contributed by atoms with Crippen LogP contribution in [0.3, 0.4) is 0 Å². The van der Waals surface area contributed by atoms with Crippen LogP contribution in [0.2, 0.25) is 0 Å². The van der Waals surface area contributed by atoms with Crippen LogP contribution in [0.15, 0.2) is 30.5 Å². The van der Waals surface area contributed by atoms with Gasteiger partial charge in [-0.3, -0.25) is 9.59 Å². The van der Waals surface area contributed by atoms with Crippen LogP contribution < -0.4 is 11.1 Å². The van der Waals surface area contributed by atoms with Gasteiger partial charge in [-0.05, 0) is 23.6 Å². The van der Waals surface area contributed by atoms with Crippen LogP contribution in [-0.2, 0) is 9.59 Å². The highest BCUT2D eigenvalue weighted by atomic mass is 35.5. The summed E-state index contributed by atoms with van der Waals surface area (Å²) in [5.74, 6) is -0.136. The topological polar surface area (TPSA) is 75.4 Å². The number of carbonyl (C=O) groups is 2. The Morgan fingerprint density at radius 2 is 2.04 bits per heavy atom. The third kappa shape index (κ3) is 5.58. The molecule has 5 nitrogen and oxygen atoms in total. The predicted octanol–water partition coefficient (Wildman–Crippen LogP) is 3.01. The van der Waals surface area contributed by atoms with Gasteiger partial charge in [0.2, 0.25) is 11.8 Å². The van der Waals surface area contributed by atoms with Gasteiger partial charge in [0.05, 0.1) is 12.5 Å². The molecular weight excluding hydrogens is 338 g/mol. The summed E-state index contributed by atoms with van der Waals surface area (Å²) in [6.45, 7) is 4.07. The van der Waals surface area contributed by atoms with Gasteiger partial charge >= 0.3 is 0 Å². The first-order valence-electron chi connectivity index (χ1n) is 8.62. The lowest BCUT2D eigenvalue weighted by molar-refractivity contribution is -0.130. The summed E-state index contributed by atoms with van der Waals surface area (Å²) < 4.78 is 0. The van der Waals surface area contributed by atoms with Gasteiger partial charge in [0, 0.05) is 25.7 Å². The second-order valence-electron chi connectivity index (χ2n) is 6.23. The highest BCUT2D eigenvalue weighted by Gasteiger charge is 2.28. The van der Waals surface area contributed by atoms with Crippen LogP contribution in [0, 0.1) is 0 Å². The molecule has 0 saturated carbocycles. The van der Waals surface area contributed by atoms with Crippen LogP contribution in [0.25, 0.3) is 6.08 Å². The van der Waals surface area contributed by atoms with Crippen molar-refractivity contribution in [1.82, 2.24) is 10.2 Å². The van der Waals surface area contributed by atoms with E-state index in [4.69, 9.17) is 5.73 Å². The molecule has 2 atom stereocenters. The SMILES string of the molecule is CCCCC(CN)NC(=O)CC1c2ccccc2C=CN1C(C)=O.Cl. The summed E-state index contributed by atoms with van der Waals surface area (Å²) in [7, 11) is 0. The van der Waals surface area contributed by atoms with Crippen molar-refractivity contribution >= 4 is 30.3 Å². The number of nitrogens with zero attached hydrogens (tertiary/aromatic N) is 1. The number of carbonyl (C=O) groups excluding carboxylic acids is 2. The van der Waals surface area contributed by atoms with Crippen molar-refractivity contribution in [2.45, 2.75) is 51.6 Å². The summed E-state index contributed by atoms with van der Waals surface area (Å²) in [6, 6.07) is 7.60. The molecule has 3 N–H and O–H groups in total. The number of hydrogen-bond donors (Lipinski definition) is 2. The van der Waals surface area contributed by atoms with Gasteiger partial charge in [-0.1, -0.05) is 44.0 Å². The molecule has 0 fully saturated rings. The van der Waals surface area contributed by atoms with Crippen molar-refractivity contribution in [3.05, 3.63) is 41.6 Å². The van der Waals surface area contributed by atoms with E-state index in [9.17, 15) is 9.59 Å². The molecule has 1 aromatic rings. The Balaban J connectivity index is 0.00000312. The lowest BCUT2D eigenvalue weighted by Gasteiger charge is -2.32. The first kappa shape index (κ1) is 21.2. The summed E-state index contributed by atoms with van der Waals surface area (Å²) >= 11 is 0. The molecule has 0 saturated heterocycles. The number of hydrogen-bond acceptors (Lipinski definition) is 3. The van der Waals surface area contributed by atoms with E-state index in [0.717, 1.165) is 30.4 Å². The lowest BCUT2D eigenvalue weighted by Crippen LogP contribution is -2.42. The zero-order valence-corrected chi connectivity index (χ0v) is 15.7. The van der Waals surface area contributed by atoms with Crippen LogP contribution in [0.1, 0.15) is 56.7 Å². The molecule has 2 amide bonds.